The van der Waals surface area contributed by atoms with Crippen molar-refractivity contribution in [2.45, 2.75) is 26.3 Å². The lowest BCUT2D eigenvalue weighted by atomic mass is 10.4. The van der Waals surface area contributed by atoms with Gasteiger partial charge in [0, 0.05) is 18.4 Å². The van der Waals surface area contributed by atoms with Crippen LogP contribution in [0.1, 0.15) is 32.1 Å². The van der Waals surface area contributed by atoms with E-state index < -0.39 is 6.43 Å². The van der Waals surface area contributed by atoms with Crippen molar-refractivity contribution in [3.8, 4) is 0 Å². The van der Waals surface area contributed by atoms with E-state index in [1.165, 1.54) is 10.8 Å². The number of imidazole rings is 1. The van der Waals surface area contributed by atoms with Crippen LogP contribution in [0.15, 0.2) is 12.4 Å². The Morgan fingerprint density at radius 1 is 1.45 bits per heavy atom. The molecule has 11 heavy (non-hydrogen) atoms. The number of nitrogens with zero attached hydrogens (tertiary/aromatic N) is 2. The summed E-state index contributed by atoms with van der Waals surface area (Å²) in [7, 11) is 0. The zero-order chi connectivity index (χ0) is 8.43. The molecule has 0 unspecified atom stereocenters. The summed E-state index contributed by atoms with van der Waals surface area (Å²) in [6.45, 7) is 3.68. The van der Waals surface area contributed by atoms with Crippen LogP contribution in [0, 0.1) is 0 Å². The van der Waals surface area contributed by atoms with Crippen molar-refractivity contribution in [3.05, 3.63) is 18.2 Å². The maximum Gasteiger partial charge on any atom is 0.295 e. The van der Waals surface area contributed by atoms with Crippen LogP contribution < -0.4 is 0 Å². The van der Waals surface area contributed by atoms with E-state index in [-0.39, 0.29) is 11.9 Å². The third-order valence-corrected chi connectivity index (χ3v) is 1.45. The molecule has 0 N–H and O–H groups in total. The van der Waals surface area contributed by atoms with Crippen LogP contribution in [0.3, 0.4) is 0 Å². The Morgan fingerprint density at radius 2 is 2.09 bits per heavy atom. The van der Waals surface area contributed by atoms with E-state index in [1.54, 1.807) is 6.20 Å². The molecular weight excluding hydrogens is 150 g/mol. The second kappa shape index (κ2) is 2.98. The first-order valence-electron chi connectivity index (χ1n) is 3.43. The van der Waals surface area contributed by atoms with E-state index in [4.69, 9.17) is 0 Å². The van der Waals surface area contributed by atoms with Crippen molar-refractivity contribution in [1.29, 1.82) is 0 Å². The zero-order valence-corrected chi connectivity index (χ0v) is 6.46. The van der Waals surface area contributed by atoms with E-state index in [2.05, 4.69) is 4.98 Å². The number of hydrogen-bond acceptors (Lipinski definition) is 1. The van der Waals surface area contributed by atoms with Crippen molar-refractivity contribution >= 4 is 0 Å². The van der Waals surface area contributed by atoms with E-state index in [0.717, 1.165) is 0 Å². The Balaban J connectivity index is 2.96. The molecular formula is C7H10F2N2. The molecule has 0 amide bonds. The lowest BCUT2D eigenvalue weighted by molar-refractivity contribution is 0.133. The van der Waals surface area contributed by atoms with Crippen LogP contribution in [0.25, 0.3) is 0 Å². The minimum absolute atomic E-state index is 0.0431. The number of aromatic nitrogens is 2. The van der Waals surface area contributed by atoms with Gasteiger partial charge in [0.05, 0.1) is 0 Å². The summed E-state index contributed by atoms with van der Waals surface area (Å²) in [5.41, 5.74) is 0. The molecule has 62 valence electrons. The summed E-state index contributed by atoms with van der Waals surface area (Å²) in [4.78, 5) is 3.55. The molecule has 1 heterocycles. The minimum Gasteiger partial charge on any atom is -0.328 e. The number of halogens is 2. The average molecular weight is 160 g/mol. The lowest BCUT2D eigenvalue weighted by Crippen LogP contribution is -2.05. The minimum atomic E-state index is -2.48. The Labute approximate surface area is 63.9 Å². The highest BCUT2D eigenvalue weighted by atomic mass is 19.3. The first kappa shape index (κ1) is 8.17. The zero-order valence-electron chi connectivity index (χ0n) is 6.46. The van der Waals surface area contributed by atoms with Gasteiger partial charge in [-0.3, -0.25) is 0 Å². The Morgan fingerprint density at radius 3 is 2.45 bits per heavy atom. The first-order valence-corrected chi connectivity index (χ1v) is 3.43. The van der Waals surface area contributed by atoms with Gasteiger partial charge in [-0.15, -0.1) is 0 Å². The highest BCUT2D eigenvalue weighted by Gasteiger charge is 2.14. The quantitative estimate of drug-likeness (QED) is 0.649. The van der Waals surface area contributed by atoms with Crippen LogP contribution in [0.5, 0.6) is 0 Å². The van der Waals surface area contributed by atoms with E-state index in [0.29, 0.717) is 0 Å². The maximum absolute atomic E-state index is 12.1. The predicted octanol–water partition coefficient (Wildman–Crippen LogP) is 2.40. The predicted molar refractivity (Wildman–Crippen MR) is 37.6 cm³/mol. The average Bonchev–Trinajstić information content (AvgIpc) is 2.32. The molecule has 0 spiro atoms. The third kappa shape index (κ3) is 1.56. The molecule has 0 aliphatic heterocycles. The molecule has 0 fully saturated rings. The summed E-state index contributed by atoms with van der Waals surface area (Å²) in [5, 5.41) is 0. The van der Waals surface area contributed by atoms with Gasteiger partial charge < -0.3 is 4.57 Å². The number of alkyl halides is 2. The lowest BCUT2D eigenvalue weighted by Gasteiger charge is -2.09. The van der Waals surface area contributed by atoms with Gasteiger partial charge in [-0.2, -0.15) is 0 Å². The molecule has 0 aliphatic carbocycles. The van der Waals surface area contributed by atoms with Gasteiger partial charge in [0.15, 0.2) is 5.82 Å². The van der Waals surface area contributed by atoms with Gasteiger partial charge in [-0.05, 0) is 13.8 Å². The Hall–Kier alpha value is -0.930. The van der Waals surface area contributed by atoms with Gasteiger partial charge in [0.2, 0.25) is 0 Å². The monoisotopic (exact) mass is 160 g/mol. The molecule has 4 heteroatoms. The van der Waals surface area contributed by atoms with Crippen LogP contribution in [-0.4, -0.2) is 9.55 Å². The van der Waals surface area contributed by atoms with Gasteiger partial charge in [0.25, 0.3) is 6.43 Å². The topological polar surface area (TPSA) is 17.8 Å². The Kier molecular flexibility index (Phi) is 2.22. The van der Waals surface area contributed by atoms with Gasteiger partial charge in [0.1, 0.15) is 0 Å². The summed E-state index contributed by atoms with van der Waals surface area (Å²) >= 11 is 0. The van der Waals surface area contributed by atoms with Crippen molar-refractivity contribution in [1.82, 2.24) is 9.55 Å². The molecule has 1 rings (SSSR count). The molecule has 0 atom stereocenters. The largest absolute Gasteiger partial charge is 0.328 e. The third-order valence-electron chi connectivity index (χ3n) is 1.45. The molecule has 1 aromatic rings. The Bertz CT molecular complexity index is 208. The molecule has 0 saturated carbocycles. The summed E-state index contributed by atoms with van der Waals surface area (Å²) in [6, 6.07) is 0.0431. The highest BCUT2D eigenvalue weighted by Crippen LogP contribution is 2.19. The second-order valence-electron chi connectivity index (χ2n) is 2.59. The summed E-state index contributed by atoms with van der Waals surface area (Å²) < 4.78 is 25.7. The van der Waals surface area contributed by atoms with Gasteiger partial charge in [-0.1, -0.05) is 0 Å². The standard InChI is InChI=1S/C7H10F2N2/c1-5(2)11-4-3-10-7(11)6(8)9/h3-6H,1-2H3. The van der Waals surface area contributed by atoms with Crippen LogP contribution in [0.4, 0.5) is 8.78 Å². The first-order chi connectivity index (χ1) is 5.13. The normalized spacial score (nSPS) is 11.5. The fourth-order valence-corrected chi connectivity index (χ4v) is 0.930. The maximum atomic E-state index is 12.1. The molecule has 0 saturated heterocycles. The fourth-order valence-electron chi connectivity index (χ4n) is 0.930. The number of hydrogen-bond donors (Lipinski definition) is 0. The van der Waals surface area contributed by atoms with Crippen molar-refractivity contribution in [2.75, 3.05) is 0 Å². The molecule has 2 nitrogen and oxygen atoms in total. The smallest absolute Gasteiger partial charge is 0.295 e. The summed E-state index contributed by atoms with van der Waals surface area (Å²) in [5.74, 6) is -0.153. The van der Waals surface area contributed by atoms with Crippen molar-refractivity contribution in [2.24, 2.45) is 0 Å². The highest BCUT2D eigenvalue weighted by molar-refractivity contribution is 4.95. The van der Waals surface area contributed by atoms with Crippen LogP contribution >= 0.6 is 0 Å². The molecule has 0 aliphatic rings. The molecule has 0 bridgehead atoms. The molecule has 0 radical (unpaired) electrons. The molecule has 1 aromatic heterocycles. The van der Waals surface area contributed by atoms with Gasteiger partial charge in [-0.25, -0.2) is 13.8 Å². The summed E-state index contributed by atoms with van der Waals surface area (Å²) in [6.07, 6.45) is 0.473. The van der Waals surface area contributed by atoms with Crippen LogP contribution in [-0.2, 0) is 0 Å². The van der Waals surface area contributed by atoms with Crippen LogP contribution in [0.2, 0.25) is 0 Å². The SMILES string of the molecule is CC(C)n1ccnc1C(F)F. The van der Waals surface area contributed by atoms with E-state index in [1.807, 2.05) is 13.8 Å². The number of rotatable bonds is 2. The van der Waals surface area contributed by atoms with E-state index in [9.17, 15) is 8.78 Å². The second-order valence-corrected chi connectivity index (χ2v) is 2.59. The van der Waals surface area contributed by atoms with E-state index >= 15 is 0 Å². The van der Waals surface area contributed by atoms with Crippen molar-refractivity contribution in [3.63, 3.8) is 0 Å². The van der Waals surface area contributed by atoms with Gasteiger partial charge >= 0.3 is 0 Å². The van der Waals surface area contributed by atoms with Crippen molar-refractivity contribution < 1.29 is 8.78 Å². The molecule has 0 aromatic carbocycles. The fraction of sp³-hybridized carbons (Fsp3) is 0.571.